The molecule has 8 heteroatoms. The first-order chi connectivity index (χ1) is 10.6. The zero-order valence-electron chi connectivity index (χ0n) is 12.9. The fraction of sp³-hybridized carbons (Fsp3) is 0.643. The Bertz CT molecular complexity index is 577. The molecule has 3 heterocycles. The van der Waals surface area contributed by atoms with Crippen LogP contribution < -0.4 is 5.32 Å². The summed E-state index contributed by atoms with van der Waals surface area (Å²) in [6.07, 6.45) is 3.18. The van der Waals surface area contributed by atoms with Crippen LogP contribution in [-0.4, -0.2) is 64.7 Å². The van der Waals surface area contributed by atoms with Crippen molar-refractivity contribution in [3.8, 4) is 0 Å². The summed E-state index contributed by atoms with van der Waals surface area (Å²) < 4.78 is 6.70. The van der Waals surface area contributed by atoms with Crippen molar-refractivity contribution in [2.45, 2.75) is 32.0 Å². The number of imidazole rings is 1. The van der Waals surface area contributed by atoms with Gasteiger partial charge in [0.2, 0.25) is 0 Å². The predicted octanol–water partition coefficient (Wildman–Crippen LogP) is 0.617. The van der Waals surface area contributed by atoms with Crippen LogP contribution in [0.3, 0.4) is 0 Å². The highest BCUT2D eigenvalue weighted by atomic mass is 16.6. The third-order valence-electron chi connectivity index (χ3n) is 4.12. The van der Waals surface area contributed by atoms with Gasteiger partial charge in [-0.05, 0) is 25.9 Å². The van der Waals surface area contributed by atoms with Crippen molar-refractivity contribution in [2.75, 3.05) is 27.2 Å². The van der Waals surface area contributed by atoms with Crippen LogP contribution in [0.15, 0.2) is 6.20 Å². The van der Waals surface area contributed by atoms with Gasteiger partial charge in [-0.3, -0.25) is 0 Å². The first kappa shape index (κ1) is 14.8. The molecule has 0 aromatic carbocycles. The lowest BCUT2D eigenvalue weighted by molar-refractivity contribution is 0.108. The molecule has 3 rings (SSSR count). The molecule has 0 saturated carbocycles. The van der Waals surface area contributed by atoms with Crippen molar-refractivity contribution in [3.05, 3.63) is 17.7 Å². The van der Waals surface area contributed by atoms with Gasteiger partial charge < -0.3 is 19.9 Å². The van der Waals surface area contributed by atoms with Gasteiger partial charge in [0.15, 0.2) is 12.4 Å². The van der Waals surface area contributed by atoms with Crippen molar-refractivity contribution in [1.82, 2.24) is 24.7 Å². The summed E-state index contributed by atoms with van der Waals surface area (Å²) in [6, 6.07) is 0.209. The van der Waals surface area contributed by atoms with Crippen LogP contribution in [0.5, 0.6) is 0 Å². The van der Waals surface area contributed by atoms with E-state index in [2.05, 4.69) is 10.3 Å². The highest BCUT2D eigenvalue weighted by Crippen LogP contribution is 2.24. The second kappa shape index (κ2) is 5.96. The summed E-state index contributed by atoms with van der Waals surface area (Å²) >= 11 is 0. The van der Waals surface area contributed by atoms with E-state index < -0.39 is 6.09 Å². The van der Waals surface area contributed by atoms with Crippen molar-refractivity contribution < 1.29 is 14.3 Å². The fourth-order valence-electron chi connectivity index (χ4n) is 2.91. The van der Waals surface area contributed by atoms with Gasteiger partial charge in [-0.2, -0.15) is 0 Å². The summed E-state index contributed by atoms with van der Waals surface area (Å²) in [6.45, 7) is 2.46. The van der Waals surface area contributed by atoms with Gasteiger partial charge in [-0.1, -0.05) is 0 Å². The number of nitrogens with zero attached hydrogens (tertiary/aromatic N) is 4. The molecule has 0 bridgehead atoms. The zero-order chi connectivity index (χ0) is 15.7. The minimum absolute atomic E-state index is 0.00279. The van der Waals surface area contributed by atoms with E-state index in [0.717, 1.165) is 31.6 Å². The highest BCUT2D eigenvalue weighted by Gasteiger charge is 2.35. The van der Waals surface area contributed by atoms with Crippen LogP contribution in [0.1, 0.15) is 24.4 Å². The topological polar surface area (TPSA) is 79.7 Å². The number of aromatic nitrogens is 2. The molecule has 1 aromatic heterocycles. The molecule has 0 radical (unpaired) electrons. The fourth-order valence-corrected chi connectivity index (χ4v) is 2.91. The van der Waals surface area contributed by atoms with E-state index in [1.54, 1.807) is 24.9 Å². The molecular formula is C14H21N5O3. The number of hydrogen-bond acceptors (Lipinski definition) is 5. The molecule has 1 fully saturated rings. The Morgan fingerprint density at radius 2 is 2.18 bits per heavy atom. The lowest BCUT2D eigenvalue weighted by Crippen LogP contribution is -2.44. The molecule has 22 heavy (non-hydrogen) atoms. The van der Waals surface area contributed by atoms with Crippen LogP contribution in [0.2, 0.25) is 0 Å². The summed E-state index contributed by atoms with van der Waals surface area (Å²) in [5.74, 6) is 0.478. The summed E-state index contributed by atoms with van der Waals surface area (Å²) in [5.41, 5.74) is 0.861. The van der Waals surface area contributed by atoms with Gasteiger partial charge in [0.05, 0.1) is 18.4 Å². The maximum Gasteiger partial charge on any atom is 0.409 e. The van der Waals surface area contributed by atoms with E-state index >= 15 is 0 Å². The number of nitrogens with one attached hydrogen (secondary N) is 1. The average molecular weight is 307 g/mol. The van der Waals surface area contributed by atoms with Crippen LogP contribution >= 0.6 is 0 Å². The molecule has 2 aliphatic rings. The third-order valence-corrected chi connectivity index (χ3v) is 4.12. The number of hydrogen-bond donors (Lipinski definition) is 1. The van der Waals surface area contributed by atoms with E-state index in [0.29, 0.717) is 12.4 Å². The first-order valence-corrected chi connectivity index (χ1v) is 7.49. The van der Waals surface area contributed by atoms with Crippen LogP contribution in [0.25, 0.3) is 0 Å². The molecule has 1 aromatic rings. The average Bonchev–Trinajstić information content (AvgIpc) is 3.06. The molecule has 8 nitrogen and oxygen atoms in total. The summed E-state index contributed by atoms with van der Waals surface area (Å²) in [5, 5.41) is 3.30. The zero-order valence-corrected chi connectivity index (χ0v) is 12.9. The molecule has 2 amide bonds. The van der Waals surface area contributed by atoms with Crippen molar-refractivity contribution in [2.24, 2.45) is 0 Å². The Hall–Kier alpha value is -2.09. The van der Waals surface area contributed by atoms with E-state index in [1.807, 2.05) is 4.90 Å². The van der Waals surface area contributed by atoms with E-state index in [-0.39, 0.29) is 18.7 Å². The van der Waals surface area contributed by atoms with Gasteiger partial charge in [0.25, 0.3) is 0 Å². The Kier molecular flexibility index (Phi) is 4.02. The second-order valence-corrected chi connectivity index (χ2v) is 5.84. The van der Waals surface area contributed by atoms with Gasteiger partial charge >= 0.3 is 12.1 Å². The summed E-state index contributed by atoms with van der Waals surface area (Å²) in [4.78, 5) is 31.6. The molecular weight excluding hydrogens is 286 g/mol. The molecule has 0 unspecified atom stereocenters. The van der Waals surface area contributed by atoms with Crippen LogP contribution in [-0.2, 0) is 17.9 Å². The lowest BCUT2D eigenvalue weighted by Gasteiger charge is -2.30. The number of amides is 2. The Balaban J connectivity index is 1.70. The van der Waals surface area contributed by atoms with E-state index in [1.165, 1.54) is 4.90 Å². The Morgan fingerprint density at radius 1 is 1.45 bits per heavy atom. The number of carbonyl (C=O) groups is 2. The van der Waals surface area contributed by atoms with Crippen molar-refractivity contribution >= 4 is 12.1 Å². The van der Waals surface area contributed by atoms with Gasteiger partial charge in [0, 0.05) is 20.1 Å². The molecule has 1 N–H and O–H groups in total. The molecule has 0 aliphatic carbocycles. The van der Waals surface area contributed by atoms with Gasteiger partial charge in [-0.25, -0.2) is 19.1 Å². The Morgan fingerprint density at radius 3 is 2.86 bits per heavy atom. The lowest BCUT2D eigenvalue weighted by atomic mass is 10.1. The normalized spacial score (nSPS) is 18.5. The van der Waals surface area contributed by atoms with Crippen molar-refractivity contribution in [3.63, 3.8) is 0 Å². The van der Waals surface area contributed by atoms with Crippen LogP contribution in [0.4, 0.5) is 9.59 Å². The molecule has 2 aliphatic heterocycles. The highest BCUT2D eigenvalue weighted by molar-refractivity contribution is 5.81. The van der Waals surface area contributed by atoms with E-state index in [4.69, 9.17) is 4.74 Å². The van der Waals surface area contributed by atoms with Gasteiger partial charge in [-0.15, -0.1) is 0 Å². The molecule has 1 saturated heterocycles. The quantitative estimate of drug-likeness (QED) is 0.885. The number of ether oxygens (including phenoxy) is 1. The monoisotopic (exact) mass is 307 g/mol. The second-order valence-electron chi connectivity index (χ2n) is 5.84. The standard InChI is InChI=1S/C14H21N5O3/c1-17(2)14(21)22-9-12-16-7-11-8-18(13(20)19(11)12)10-3-5-15-6-4-10/h7,10,15H,3-6,8-9H2,1-2H3. The van der Waals surface area contributed by atoms with Gasteiger partial charge in [0.1, 0.15) is 0 Å². The maximum atomic E-state index is 12.6. The number of piperidine rings is 1. The maximum absolute atomic E-state index is 12.6. The minimum atomic E-state index is -0.446. The smallest absolute Gasteiger partial charge is 0.409 e. The molecule has 0 atom stereocenters. The first-order valence-electron chi connectivity index (χ1n) is 7.49. The largest absolute Gasteiger partial charge is 0.441 e. The number of carbonyl (C=O) groups excluding carboxylic acids is 2. The number of fused-ring (bicyclic) bond motifs is 1. The summed E-state index contributed by atoms with van der Waals surface area (Å²) in [7, 11) is 3.23. The Labute approximate surface area is 129 Å². The van der Waals surface area contributed by atoms with Crippen LogP contribution in [0, 0.1) is 0 Å². The van der Waals surface area contributed by atoms with E-state index in [9.17, 15) is 9.59 Å². The predicted molar refractivity (Wildman–Crippen MR) is 78.3 cm³/mol. The SMILES string of the molecule is CN(C)C(=O)OCc1ncc2n1C(=O)N(C1CCNCC1)C2. The minimum Gasteiger partial charge on any atom is -0.441 e. The number of rotatable bonds is 3. The molecule has 0 spiro atoms. The third kappa shape index (κ3) is 2.66. The molecule has 120 valence electrons. The van der Waals surface area contributed by atoms with Crippen molar-refractivity contribution in [1.29, 1.82) is 0 Å².